The Morgan fingerprint density at radius 2 is 1.34 bits per heavy atom. The summed E-state index contributed by atoms with van der Waals surface area (Å²) in [5.74, 6) is -0.242. The monoisotopic (exact) mass is 525 g/mol. The van der Waals surface area contributed by atoms with Crippen LogP contribution in [-0.4, -0.2) is 90.7 Å². The molecule has 0 unspecified atom stereocenters. The summed E-state index contributed by atoms with van der Waals surface area (Å²) in [6.45, 7) is 2.45. The molecule has 11 nitrogen and oxygen atoms in total. The van der Waals surface area contributed by atoms with Crippen LogP contribution in [-0.2, 0) is 23.8 Å². The molecule has 0 bridgehead atoms. The number of hydrogen-bond acceptors (Lipinski definition) is 10. The second-order valence-electron chi connectivity index (χ2n) is 8.61. The molecule has 11 heteroatoms. The van der Waals surface area contributed by atoms with Crippen LogP contribution in [0.15, 0.2) is 53.7 Å². The van der Waals surface area contributed by atoms with E-state index in [0.717, 1.165) is 5.69 Å². The van der Waals surface area contributed by atoms with Crippen molar-refractivity contribution in [3.05, 3.63) is 59.3 Å². The molecular weight excluding hydrogens is 494 g/mol. The van der Waals surface area contributed by atoms with E-state index in [1.165, 1.54) is 14.2 Å². The van der Waals surface area contributed by atoms with Gasteiger partial charge < -0.3 is 38.4 Å². The first-order valence-corrected chi connectivity index (χ1v) is 12.0. The molecule has 2 aliphatic heterocycles. The van der Waals surface area contributed by atoms with Crippen molar-refractivity contribution in [1.29, 1.82) is 0 Å². The second kappa shape index (κ2) is 11.9. The van der Waals surface area contributed by atoms with Crippen molar-refractivity contribution in [3.8, 4) is 11.5 Å². The van der Waals surface area contributed by atoms with Crippen molar-refractivity contribution in [3.63, 3.8) is 0 Å². The Kier molecular flexibility index (Phi) is 8.37. The van der Waals surface area contributed by atoms with Crippen molar-refractivity contribution in [1.82, 2.24) is 4.90 Å². The number of amides is 1. The first-order valence-electron chi connectivity index (χ1n) is 12.0. The Hall–Kier alpha value is -4.25. The highest BCUT2D eigenvalue weighted by atomic mass is 16.5. The number of ether oxygens (including phenoxy) is 5. The van der Waals surface area contributed by atoms with E-state index in [-0.39, 0.29) is 30.5 Å². The Labute approximate surface area is 221 Å². The fraction of sp³-hybridized carbons (Fsp3) is 0.370. The van der Waals surface area contributed by atoms with Gasteiger partial charge in [-0.3, -0.25) is 4.79 Å². The Balaban J connectivity index is 1.45. The number of rotatable bonds is 7. The molecule has 0 atom stereocenters. The standard InChI is InChI=1S/C27H31N3O8/c1-34-21-13-18(14-22(15-21)35-2)25(31)29-11-9-28(10-12-29)19-5-7-20(8-6-19)30-17-38-16-23(26(32)36-3)24(30)27(33)37-4/h5-8,13-15H,9-12,16-17H2,1-4H3. The molecule has 2 aliphatic rings. The van der Waals surface area contributed by atoms with E-state index in [9.17, 15) is 14.4 Å². The lowest BCUT2D eigenvalue weighted by Gasteiger charge is -2.36. The SMILES string of the molecule is COC(=O)C1=C(C(=O)OC)N(c2ccc(N3CCN(C(=O)c4cc(OC)cc(OC)c4)CC3)cc2)COC1. The lowest BCUT2D eigenvalue weighted by Crippen LogP contribution is -2.48. The molecule has 0 aromatic heterocycles. The minimum Gasteiger partial charge on any atom is -0.497 e. The molecule has 0 aliphatic carbocycles. The van der Waals surface area contributed by atoms with Gasteiger partial charge in [0.1, 0.15) is 23.9 Å². The minimum absolute atomic E-state index is 0.0444. The van der Waals surface area contributed by atoms with Gasteiger partial charge in [0.25, 0.3) is 5.91 Å². The first kappa shape index (κ1) is 26.8. The van der Waals surface area contributed by atoms with Crippen molar-refractivity contribution >= 4 is 29.2 Å². The lowest BCUT2D eigenvalue weighted by atomic mass is 10.1. The maximum Gasteiger partial charge on any atom is 0.355 e. The summed E-state index contributed by atoms with van der Waals surface area (Å²) in [5.41, 5.74) is 2.35. The van der Waals surface area contributed by atoms with Gasteiger partial charge in [-0.15, -0.1) is 0 Å². The number of nitrogens with zero attached hydrogens (tertiary/aromatic N) is 3. The summed E-state index contributed by atoms with van der Waals surface area (Å²) >= 11 is 0. The Morgan fingerprint density at radius 3 is 1.89 bits per heavy atom. The highest BCUT2D eigenvalue weighted by molar-refractivity contribution is 6.03. The van der Waals surface area contributed by atoms with Gasteiger partial charge in [-0.25, -0.2) is 9.59 Å². The number of carbonyl (C=O) groups is 3. The highest BCUT2D eigenvalue weighted by Gasteiger charge is 2.32. The summed E-state index contributed by atoms with van der Waals surface area (Å²) in [5, 5.41) is 0. The molecule has 2 aromatic carbocycles. The minimum atomic E-state index is -0.647. The van der Waals surface area contributed by atoms with Crippen LogP contribution in [0.5, 0.6) is 11.5 Å². The van der Waals surface area contributed by atoms with Gasteiger partial charge >= 0.3 is 11.9 Å². The van der Waals surface area contributed by atoms with Gasteiger partial charge in [0.15, 0.2) is 0 Å². The van der Waals surface area contributed by atoms with Crippen LogP contribution in [0, 0.1) is 0 Å². The number of anilines is 2. The van der Waals surface area contributed by atoms with Crippen LogP contribution in [0.1, 0.15) is 10.4 Å². The van der Waals surface area contributed by atoms with E-state index in [0.29, 0.717) is 48.9 Å². The van der Waals surface area contributed by atoms with E-state index in [1.54, 1.807) is 37.3 Å². The lowest BCUT2D eigenvalue weighted by molar-refractivity contribution is -0.140. The molecule has 1 amide bonds. The molecule has 38 heavy (non-hydrogen) atoms. The molecule has 1 saturated heterocycles. The Morgan fingerprint density at radius 1 is 0.763 bits per heavy atom. The zero-order chi connectivity index (χ0) is 27.2. The van der Waals surface area contributed by atoms with Crippen LogP contribution >= 0.6 is 0 Å². The zero-order valence-corrected chi connectivity index (χ0v) is 21.9. The van der Waals surface area contributed by atoms with Gasteiger partial charge in [-0.2, -0.15) is 0 Å². The van der Waals surface area contributed by atoms with Crippen molar-refractivity contribution in [2.45, 2.75) is 0 Å². The van der Waals surface area contributed by atoms with Gasteiger partial charge in [-0.05, 0) is 36.4 Å². The first-order chi connectivity index (χ1) is 18.4. The number of esters is 2. The van der Waals surface area contributed by atoms with Gasteiger partial charge in [-0.1, -0.05) is 0 Å². The highest BCUT2D eigenvalue weighted by Crippen LogP contribution is 2.29. The van der Waals surface area contributed by atoms with Crippen LogP contribution in [0.3, 0.4) is 0 Å². The molecular formula is C27H31N3O8. The number of hydrogen-bond donors (Lipinski definition) is 0. The third-order valence-corrected chi connectivity index (χ3v) is 6.52. The summed E-state index contributed by atoms with van der Waals surface area (Å²) in [7, 11) is 5.61. The predicted molar refractivity (Wildman–Crippen MR) is 138 cm³/mol. The number of carbonyl (C=O) groups excluding carboxylic acids is 3. The largest absolute Gasteiger partial charge is 0.497 e. The van der Waals surface area contributed by atoms with E-state index >= 15 is 0 Å². The molecule has 2 heterocycles. The van der Waals surface area contributed by atoms with E-state index in [2.05, 4.69) is 4.90 Å². The number of methoxy groups -OCH3 is 4. The van der Waals surface area contributed by atoms with E-state index in [1.807, 2.05) is 29.2 Å². The number of benzene rings is 2. The van der Waals surface area contributed by atoms with E-state index < -0.39 is 11.9 Å². The quantitative estimate of drug-likeness (QED) is 0.499. The van der Waals surface area contributed by atoms with Gasteiger partial charge in [0.05, 0.1) is 40.6 Å². The zero-order valence-electron chi connectivity index (χ0n) is 21.9. The summed E-state index contributed by atoms with van der Waals surface area (Å²) < 4.78 is 25.9. The average molecular weight is 526 g/mol. The van der Waals surface area contributed by atoms with E-state index in [4.69, 9.17) is 23.7 Å². The molecule has 0 N–H and O–H groups in total. The van der Waals surface area contributed by atoms with Crippen molar-refractivity contribution in [2.24, 2.45) is 0 Å². The number of piperazine rings is 1. The summed E-state index contributed by atoms with van der Waals surface area (Å²) in [6, 6.07) is 12.7. The molecule has 202 valence electrons. The fourth-order valence-electron chi connectivity index (χ4n) is 4.47. The molecule has 1 fully saturated rings. The van der Waals surface area contributed by atoms with Crippen molar-refractivity contribution < 1.29 is 38.1 Å². The molecule has 2 aromatic rings. The molecule has 0 saturated carbocycles. The van der Waals surface area contributed by atoms with Gasteiger partial charge in [0, 0.05) is 49.2 Å². The maximum atomic E-state index is 13.1. The molecule has 0 spiro atoms. The van der Waals surface area contributed by atoms with Gasteiger partial charge in [0.2, 0.25) is 0 Å². The smallest absolute Gasteiger partial charge is 0.355 e. The third kappa shape index (κ3) is 5.52. The second-order valence-corrected chi connectivity index (χ2v) is 8.61. The van der Waals surface area contributed by atoms with Crippen LogP contribution in [0.4, 0.5) is 11.4 Å². The third-order valence-electron chi connectivity index (χ3n) is 6.52. The molecule has 0 radical (unpaired) electrons. The molecule has 4 rings (SSSR count). The Bertz CT molecular complexity index is 1200. The summed E-state index contributed by atoms with van der Waals surface area (Å²) in [6.07, 6.45) is 0. The van der Waals surface area contributed by atoms with Crippen LogP contribution in [0.2, 0.25) is 0 Å². The van der Waals surface area contributed by atoms with Crippen LogP contribution < -0.4 is 19.3 Å². The van der Waals surface area contributed by atoms with Crippen LogP contribution in [0.25, 0.3) is 0 Å². The topological polar surface area (TPSA) is 107 Å². The fourth-order valence-corrected chi connectivity index (χ4v) is 4.47. The average Bonchev–Trinajstić information content (AvgIpc) is 2.99. The maximum absolute atomic E-state index is 13.1. The summed E-state index contributed by atoms with van der Waals surface area (Å²) in [4.78, 5) is 43.4. The normalized spacial score (nSPS) is 15.7. The predicted octanol–water partition coefficient (Wildman–Crippen LogP) is 2.06. The van der Waals surface area contributed by atoms with Crippen molar-refractivity contribution in [2.75, 3.05) is 77.8 Å².